The molecule has 0 aromatic carbocycles. The van der Waals surface area contributed by atoms with Gasteiger partial charge in [0.25, 0.3) is 0 Å². The molecule has 0 aromatic rings. The molecule has 4 saturated heterocycles. The zero-order valence-corrected chi connectivity index (χ0v) is 32.6. The number of carbonyl (C=O) groups excluding carboxylic acids is 1. The van der Waals surface area contributed by atoms with Crippen LogP contribution in [0.25, 0.3) is 0 Å². The third kappa shape index (κ3) is 6.79. The second kappa shape index (κ2) is 14.1. The van der Waals surface area contributed by atoms with Crippen molar-refractivity contribution in [3.05, 3.63) is 11.3 Å². The molecule has 3 N–H and O–H groups in total. The fraction of sp³-hybridized carbons (Fsp3) is 0.921. The third-order valence-electron chi connectivity index (χ3n) is 12.8. The molecule has 0 radical (unpaired) electrons. The molecule has 5 aliphatic rings. The lowest BCUT2D eigenvalue weighted by Gasteiger charge is -2.62. The standard InChI is InChI=1S/C38H65NO11/c1-14-26-37(11,43)31(40)22(6)29-20(4)17-35(9,49-29)33(47-27-16-25(15-21(5)45-27)39(12)19(2)3)23(7)30-28(34(42)46-26)38(50-30)18-36(10,44-13)32(41)24(8)48-38/h19,21-28,30-33,40-41,43H,14-18H2,1-13H3/t21?,22-,23-,24?,25?,26+,27?,28+,30-,31+,32?,33+,35+,36?,37+,38?/m0/s1. The fourth-order valence-electron chi connectivity index (χ4n) is 9.60. The Hall–Kier alpha value is -1.35. The minimum absolute atomic E-state index is 0.0395. The summed E-state index contributed by atoms with van der Waals surface area (Å²) in [5, 5.41) is 34.7. The van der Waals surface area contributed by atoms with E-state index < -0.39 is 89.2 Å². The van der Waals surface area contributed by atoms with Gasteiger partial charge in [-0.05, 0) is 80.9 Å². The average Bonchev–Trinajstić information content (AvgIpc) is 3.35. The molecule has 5 rings (SSSR count). The molecule has 16 atom stereocenters. The van der Waals surface area contributed by atoms with Gasteiger partial charge < -0.3 is 53.4 Å². The van der Waals surface area contributed by atoms with Crippen molar-refractivity contribution in [3.63, 3.8) is 0 Å². The summed E-state index contributed by atoms with van der Waals surface area (Å²) in [4.78, 5) is 16.9. The van der Waals surface area contributed by atoms with Gasteiger partial charge in [-0.25, -0.2) is 0 Å². The quantitative estimate of drug-likeness (QED) is 0.342. The number of aliphatic hydroxyl groups is 3. The van der Waals surface area contributed by atoms with Gasteiger partial charge in [0.05, 0.1) is 30.0 Å². The summed E-state index contributed by atoms with van der Waals surface area (Å²) in [7, 11) is 3.65. The Labute approximate surface area is 299 Å². The Bertz CT molecular complexity index is 1270. The van der Waals surface area contributed by atoms with Crippen molar-refractivity contribution in [2.45, 2.75) is 192 Å². The van der Waals surface area contributed by atoms with E-state index in [0.717, 1.165) is 12.0 Å². The molecule has 4 fully saturated rings. The second-order valence-electron chi connectivity index (χ2n) is 17.0. The third-order valence-corrected chi connectivity index (χ3v) is 12.8. The Balaban J connectivity index is 1.59. The summed E-state index contributed by atoms with van der Waals surface area (Å²) >= 11 is 0. The Morgan fingerprint density at radius 2 is 1.70 bits per heavy atom. The Morgan fingerprint density at radius 3 is 2.30 bits per heavy atom. The monoisotopic (exact) mass is 711 g/mol. The molecule has 0 aromatic heterocycles. The molecule has 50 heavy (non-hydrogen) atoms. The Morgan fingerprint density at radius 1 is 1.04 bits per heavy atom. The molecule has 5 heterocycles. The first kappa shape index (κ1) is 39.8. The van der Waals surface area contributed by atoms with Crippen molar-refractivity contribution in [2.24, 2.45) is 17.8 Å². The summed E-state index contributed by atoms with van der Waals surface area (Å²) in [5.41, 5.74) is -2.88. The second-order valence-corrected chi connectivity index (χ2v) is 17.0. The van der Waals surface area contributed by atoms with Gasteiger partial charge in [-0.2, -0.15) is 0 Å². The molecule has 0 amide bonds. The van der Waals surface area contributed by atoms with Crippen LogP contribution in [0.2, 0.25) is 0 Å². The number of methoxy groups -OCH3 is 1. The zero-order valence-electron chi connectivity index (χ0n) is 32.6. The van der Waals surface area contributed by atoms with Crippen LogP contribution in [0, 0.1) is 17.8 Å². The van der Waals surface area contributed by atoms with Gasteiger partial charge in [-0.15, -0.1) is 0 Å². The number of carbonyl (C=O) groups is 1. The van der Waals surface area contributed by atoms with Crippen LogP contribution in [0.4, 0.5) is 0 Å². The molecule has 5 aliphatic heterocycles. The predicted octanol–water partition coefficient (Wildman–Crippen LogP) is 4.06. The average molecular weight is 712 g/mol. The van der Waals surface area contributed by atoms with Crippen molar-refractivity contribution < 1.29 is 53.3 Å². The van der Waals surface area contributed by atoms with Gasteiger partial charge in [0.1, 0.15) is 41.2 Å². The number of hydrogen-bond donors (Lipinski definition) is 3. The van der Waals surface area contributed by atoms with Gasteiger partial charge in [0.15, 0.2) is 12.1 Å². The van der Waals surface area contributed by atoms with Crippen LogP contribution in [0.3, 0.4) is 0 Å². The number of nitrogens with zero attached hydrogens (tertiary/aromatic N) is 1. The van der Waals surface area contributed by atoms with E-state index in [4.69, 9.17) is 33.2 Å². The van der Waals surface area contributed by atoms with Crippen LogP contribution < -0.4 is 0 Å². The lowest BCUT2D eigenvalue weighted by molar-refractivity contribution is -0.440. The first-order valence-electron chi connectivity index (χ1n) is 18.8. The molecule has 288 valence electrons. The number of ether oxygens (including phenoxy) is 7. The topological polar surface area (TPSA) is 146 Å². The van der Waals surface area contributed by atoms with Gasteiger partial charge in [0.2, 0.25) is 0 Å². The minimum Gasteiger partial charge on any atom is -0.489 e. The van der Waals surface area contributed by atoms with E-state index in [1.807, 2.05) is 27.7 Å². The maximum atomic E-state index is 14.6. The first-order chi connectivity index (χ1) is 23.1. The molecule has 2 bridgehead atoms. The number of cyclic esters (lactones) is 1. The van der Waals surface area contributed by atoms with Crippen molar-refractivity contribution in [3.8, 4) is 0 Å². The van der Waals surface area contributed by atoms with E-state index >= 15 is 0 Å². The molecule has 7 unspecified atom stereocenters. The van der Waals surface area contributed by atoms with E-state index in [9.17, 15) is 20.1 Å². The highest BCUT2D eigenvalue weighted by atomic mass is 16.7. The maximum Gasteiger partial charge on any atom is 0.317 e. The van der Waals surface area contributed by atoms with Gasteiger partial charge >= 0.3 is 5.97 Å². The van der Waals surface area contributed by atoms with Crippen molar-refractivity contribution >= 4 is 5.97 Å². The van der Waals surface area contributed by atoms with Gasteiger partial charge in [0, 0.05) is 50.3 Å². The van der Waals surface area contributed by atoms with Crippen LogP contribution in [0.15, 0.2) is 11.3 Å². The van der Waals surface area contributed by atoms with Crippen LogP contribution in [0.5, 0.6) is 0 Å². The van der Waals surface area contributed by atoms with E-state index in [2.05, 4.69) is 32.7 Å². The molecular formula is C38H65NO11. The summed E-state index contributed by atoms with van der Waals surface area (Å²) < 4.78 is 45.6. The number of rotatable bonds is 6. The van der Waals surface area contributed by atoms with E-state index in [1.165, 1.54) is 14.0 Å². The summed E-state index contributed by atoms with van der Waals surface area (Å²) in [5.74, 6) is -3.53. The van der Waals surface area contributed by atoms with Crippen LogP contribution in [-0.4, -0.2) is 124 Å². The lowest BCUT2D eigenvalue weighted by atomic mass is 9.68. The summed E-state index contributed by atoms with van der Waals surface area (Å²) in [6.45, 7) is 21.0. The van der Waals surface area contributed by atoms with E-state index in [1.54, 1.807) is 20.8 Å². The van der Waals surface area contributed by atoms with Crippen LogP contribution in [0.1, 0.15) is 108 Å². The van der Waals surface area contributed by atoms with Gasteiger partial charge in [-0.3, -0.25) is 4.79 Å². The van der Waals surface area contributed by atoms with E-state index in [-0.39, 0.29) is 25.0 Å². The number of hydrogen-bond acceptors (Lipinski definition) is 12. The molecule has 12 nitrogen and oxygen atoms in total. The number of aliphatic hydroxyl groups excluding tert-OH is 2. The lowest BCUT2D eigenvalue weighted by Crippen LogP contribution is -2.75. The minimum atomic E-state index is -1.82. The smallest absolute Gasteiger partial charge is 0.317 e. The molecule has 1 spiro atoms. The van der Waals surface area contributed by atoms with Crippen molar-refractivity contribution in [2.75, 3.05) is 14.2 Å². The highest BCUT2D eigenvalue weighted by molar-refractivity contribution is 5.76. The number of fused-ring (bicyclic) bond motifs is 4. The summed E-state index contributed by atoms with van der Waals surface area (Å²) in [6, 6.07) is 0.587. The zero-order chi connectivity index (χ0) is 37.3. The molecule has 0 aliphatic carbocycles. The fourth-order valence-corrected chi connectivity index (χ4v) is 9.60. The van der Waals surface area contributed by atoms with Gasteiger partial charge in [-0.1, -0.05) is 20.8 Å². The van der Waals surface area contributed by atoms with Crippen LogP contribution >= 0.6 is 0 Å². The largest absolute Gasteiger partial charge is 0.489 e. The predicted molar refractivity (Wildman–Crippen MR) is 185 cm³/mol. The highest BCUT2D eigenvalue weighted by Gasteiger charge is 2.70. The molecule has 12 heteroatoms. The normalized spacial score (nSPS) is 50.2. The Kier molecular flexibility index (Phi) is 11.3. The van der Waals surface area contributed by atoms with E-state index in [0.29, 0.717) is 24.6 Å². The molecule has 0 saturated carbocycles. The van der Waals surface area contributed by atoms with Crippen LogP contribution in [-0.2, 0) is 38.0 Å². The van der Waals surface area contributed by atoms with Crippen molar-refractivity contribution in [1.29, 1.82) is 0 Å². The summed E-state index contributed by atoms with van der Waals surface area (Å²) in [6.07, 6.45) is -3.69. The highest BCUT2D eigenvalue weighted by Crippen LogP contribution is 2.56. The number of esters is 1. The van der Waals surface area contributed by atoms with Crippen molar-refractivity contribution in [1.82, 2.24) is 4.90 Å². The maximum absolute atomic E-state index is 14.6. The first-order valence-corrected chi connectivity index (χ1v) is 18.8. The SMILES string of the molecule is CC[C@H]1OC(=O)[C@H]2[C@@H](OC23CC(C)(OC)C(O)C(C)O3)[C@H](C)[C@@H](OC2CC(N(C)C(C)C)CC(C)O2)[C@@]2(C)CC(C)=C(O2)[C@H](C)[C@@H](O)[C@]1(C)O. The molecular weight excluding hydrogens is 646 g/mol.